The van der Waals surface area contributed by atoms with Gasteiger partial charge in [-0.25, -0.2) is 0 Å². The number of carbonyl (C=O) groups excluding carboxylic acids is 1. The Morgan fingerprint density at radius 1 is 0.960 bits per heavy atom. The molecule has 1 amide bonds. The van der Waals surface area contributed by atoms with E-state index in [0.717, 1.165) is 17.0 Å². The van der Waals surface area contributed by atoms with Gasteiger partial charge in [0.05, 0.1) is 6.54 Å². The molecule has 2 rings (SSSR count). The average Bonchev–Trinajstić information content (AvgIpc) is 2.65. The van der Waals surface area contributed by atoms with Gasteiger partial charge < -0.3 is 16.0 Å². The van der Waals surface area contributed by atoms with Gasteiger partial charge in [0.1, 0.15) is 0 Å². The van der Waals surface area contributed by atoms with Gasteiger partial charge in [0.15, 0.2) is 5.96 Å². The highest BCUT2D eigenvalue weighted by Gasteiger charge is 2.03. The molecule has 0 aliphatic heterocycles. The molecule has 0 spiro atoms. The van der Waals surface area contributed by atoms with Crippen LogP contribution >= 0.6 is 11.6 Å². The molecule has 2 aromatic rings. The topological polar surface area (TPSA) is 65.5 Å². The van der Waals surface area contributed by atoms with Gasteiger partial charge in [-0.1, -0.05) is 54.1 Å². The summed E-state index contributed by atoms with van der Waals surface area (Å²) in [6, 6.07) is 17.6. The van der Waals surface area contributed by atoms with Crippen molar-refractivity contribution in [1.29, 1.82) is 0 Å². The molecule has 6 heteroatoms. The van der Waals surface area contributed by atoms with E-state index in [1.54, 1.807) is 7.05 Å². The summed E-state index contributed by atoms with van der Waals surface area (Å²) >= 11 is 5.87. The van der Waals surface area contributed by atoms with Crippen LogP contribution < -0.4 is 16.0 Å². The molecular weight excluding hydrogens is 336 g/mol. The molecule has 0 radical (unpaired) electrons. The molecule has 3 N–H and O–H groups in total. The third-order valence-electron chi connectivity index (χ3n) is 3.59. The Bertz CT molecular complexity index is 686. The van der Waals surface area contributed by atoms with Crippen molar-refractivity contribution in [3.05, 3.63) is 70.7 Å². The summed E-state index contributed by atoms with van der Waals surface area (Å²) in [6.45, 7) is 1.41. The second-order valence-corrected chi connectivity index (χ2v) is 5.93. The van der Waals surface area contributed by atoms with Crippen molar-refractivity contribution in [1.82, 2.24) is 16.0 Å². The van der Waals surface area contributed by atoms with E-state index in [-0.39, 0.29) is 12.5 Å². The third kappa shape index (κ3) is 7.27. The summed E-state index contributed by atoms with van der Waals surface area (Å²) in [5, 5.41) is 9.80. The highest BCUT2D eigenvalue weighted by Crippen LogP contribution is 2.09. The van der Waals surface area contributed by atoms with Crippen LogP contribution in [0.1, 0.15) is 11.1 Å². The van der Waals surface area contributed by atoms with Crippen LogP contribution in [0.15, 0.2) is 59.6 Å². The van der Waals surface area contributed by atoms with Crippen LogP contribution in [0.25, 0.3) is 0 Å². The first-order valence-corrected chi connectivity index (χ1v) is 8.55. The predicted octanol–water partition coefficient (Wildman–Crippen LogP) is 2.36. The molecule has 0 heterocycles. The van der Waals surface area contributed by atoms with E-state index in [0.29, 0.717) is 19.0 Å². The van der Waals surface area contributed by atoms with Gasteiger partial charge in [0.2, 0.25) is 5.91 Å². The summed E-state index contributed by atoms with van der Waals surface area (Å²) in [5.74, 6) is 0.522. The Labute approximate surface area is 153 Å². The van der Waals surface area contributed by atoms with Crippen LogP contribution in [0.2, 0.25) is 5.02 Å². The lowest BCUT2D eigenvalue weighted by Crippen LogP contribution is -2.43. The largest absolute Gasteiger partial charge is 0.356 e. The standard InChI is InChI=1S/C19H23ClN4O/c1-21-19(22-12-11-15-7-9-17(20)10-8-15)24-14-18(25)23-13-16-5-3-2-4-6-16/h2-10H,11-14H2,1H3,(H,23,25)(H2,21,22,24). The molecule has 0 unspecified atom stereocenters. The SMILES string of the molecule is CN=C(NCCc1ccc(Cl)cc1)NCC(=O)NCc1ccccc1. The van der Waals surface area contributed by atoms with Crippen LogP contribution in [-0.2, 0) is 17.8 Å². The molecule has 0 aliphatic rings. The van der Waals surface area contributed by atoms with Crippen LogP contribution in [0.5, 0.6) is 0 Å². The average molecular weight is 359 g/mol. The van der Waals surface area contributed by atoms with E-state index in [4.69, 9.17) is 11.6 Å². The first-order chi connectivity index (χ1) is 12.2. The van der Waals surface area contributed by atoms with E-state index >= 15 is 0 Å². The summed E-state index contributed by atoms with van der Waals surface area (Å²) in [6.07, 6.45) is 0.845. The van der Waals surface area contributed by atoms with Crippen LogP contribution in [0.3, 0.4) is 0 Å². The Kier molecular flexibility index (Phi) is 7.79. The van der Waals surface area contributed by atoms with Crippen molar-refractivity contribution >= 4 is 23.5 Å². The molecule has 0 aromatic heterocycles. The summed E-state index contributed by atoms with van der Waals surface area (Å²) in [5.41, 5.74) is 2.26. The second kappa shape index (κ2) is 10.4. The predicted molar refractivity (Wildman–Crippen MR) is 103 cm³/mol. The minimum Gasteiger partial charge on any atom is -0.356 e. The second-order valence-electron chi connectivity index (χ2n) is 5.49. The number of halogens is 1. The highest BCUT2D eigenvalue weighted by atomic mass is 35.5. The van der Waals surface area contributed by atoms with Gasteiger partial charge in [0.25, 0.3) is 0 Å². The fraction of sp³-hybridized carbons (Fsp3) is 0.263. The number of amides is 1. The molecule has 132 valence electrons. The number of nitrogens with zero attached hydrogens (tertiary/aromatic N) is 1. The molecule has 25 heavy (non-hydrogen) atoms. The molecule has 0 fully saturated rings. The quantitative estimate of drug-likeness (QED) is 0.526. The minimum atomic E-state index is -0.0792. The van der Waals surface area contributed by atoms with Crippen molar-refractivity contribution in [2.24, 2.45) is 4.99 Å². The molecule has 0 bridgehead atoms. The Morgan fingerprint density at radius 2 is 1.68 bits per heavy atom. The number of rotatable bonds is 7. The maximum absolute atomic E-state index is 11.9. The molecule has 0 saturated carbocycles. The first-order valence-electron chi connectivity index (χ1n) is 8.17. The number of hydrogen-bond donors (Lipinski definition) is 3. The zero-order valence-corrected chi connectivity index (χ0v) is 15.0. The van der Waals surface area contributed by atoms with Crippen molar-refractivity contribution in [3.8, 4) is 0 Å². The Balaban J connectivity index is 1.65. The van der Waals surface area contributed by atoms with Crippen molar-refractivity contribution in [3.63, 3.8) is 0 Å². The van der Waals surface area contributed by atoms with Crippen LogP contribution in [0.4, 0.5) is 0 Å². The number of hydrogen-bond acceptors (Lipinski definition) is 2. The van der Waals surface area contributed by atoms with Gasteiger partial charge in [-0.3, -0.25) is 9.79 Å². The van der Waals surface area contributed by atoms with Gasteiger partial charge in [-0.2, -0.15) is 0 Å². The van der Waals surface area contributed by atoms with Crippen molar-refractivity contribution in [2.45, 2.75) is 13.0 Å². The van der Waals surface area contributed by atoms with Gasteiger partial charge >= 0.3 is 0 Å². The molecule has 0 atom stereocenters. The van der Waals surface area contributed by atoms with Gasteiger partial charge in [-0.15, -0.1) is 0 Å². The lowest BCUT2D eigenvalue weighted by atomic mass is 10.1. The van der Waals surface area contributed by atoms with Crippen molar-refractivity contribution < 1.29 is 4.79 Å². The fourth-order valence-corrected chi connectivity index (χ4v) is 2.35. The zero-order chi connectivity index (χ0) is 17.9. The molecule has 0 saturated heterocycles. The molecule has 2 aromatic carbocycles. The van der Waals surface area contributed by atoms with E-state index < -0.39 is 0 Å². The third-order valence-corrected chi connectivity index (χ3v) is 3.84. The van der Waals surface area contributed by atoms with Crippen LogP contribution in [-0.4, -0.2) is 32.0 Å². The Morgan fingerprint density at radius 3 is 2.36 bits per heavy atom. The van der Waals surface area contributed by atoms with E-state index in [9.17, 15) is 4.79 Å². The maximum Gasteiger partial charge on any atom is 0.239 e. The molecule has 5 nitrogen and oxygen atoms in total. The lowest BCUT2D eigenvalue weighted by molar-refractivity contribution is -0.120. The monoisotopic (exact) mass is 358 g/mol. The minimum absolute atomic E-state index is 0.0792. The lowest BCUT2D eigenvalue weighted by Gasteiger charge is -2.12. The molecular formula is C19H23ClN4O. The van der Waals surface area contributed by atoms with Gasteiger partial charge in [-0.05, 0) is 29.7 Å². The summed E-state index contributed by atoms with van der Waals surface area (Å²) in [4.78, 5) is 16.0. The van der Waals surface area contributed by atoms with Crippen molar-refractivity contribution in [2.75, 3.05) is 20.1 Å². The number of benzene rings is 2. The van der Waals surface area contributed by atoms with E-state index in [1.807, 2.05) is 54.6 Å². The number of aliphatic imine (C=N–C) groups is 1. The Hall–Kier alpha value is -2.53. The number of carbonyl (C=O) groups is 1. The zero-order valence-electron chi connectivity index (χ0n) is 14.3. The summed E-state index contributed by atoms with van der Waals surface area (Å²) in [7, 11) is 1.68. The normalized spacial score (nSPS) is 11.0. The van der Waals surface area contributed by atoms with Gasteiger partial charge in [0, 0.05) is 25.2 Å². The fourth-order valence-electron chi connectivity index (χ4n) is 2.22. The summed E-state index contributed by atoms with van der Waals surface area (Å²) < 4.78 is 0. The smallest absolute Gasteiger partial charge is 0.239 e. The maximum atomic E-state index is 11.9. The van der Waals surface area contributed by atoms with E-state index in [1.165, 1.54) is 5.56 Å². The van der Waals surface area contributed by atoms with E-state index in [2.05, 4.69) is 20.9 Å². The number of nitrogens with one attached hydrogen (secondary N) is 3. The molecule has 0 aliphatic carbocycles. The number of guanidine groups is 1. The highest BCUT2D eigenvalue weighted by molar-refractivity contribution is 6.30. The first kappa shape index (κ1) is 18.8. The van der Waals surface area contributed by atoms with Crippen LogP contribution in [0, 0.1) is 0 Å².